The first-order valence-corrected chi connectivity index (χ1v) is 9.43. The van der Waals surface area contributed by atoms with E-state index in [4.69, 9.17) is 0 Å². The molecule has 0 unspecified atom stereocenters. The van der Waals surface area contributed by atoms with Crippen molar-refractivity contribution in [3.8, 4) is 0 Å². The second-order valence-electron chi connectivity index (χ2n) is 6.40. The second kappa shape index (κ2) is 7.33. The standard InChI is InChI=1S/C23H17BrN2O/c1-15-10-11-18(13-22(15)24)23(27)26-25-14-21-19-8-4-2-6-16(19)12-17-7-3-5-9-20(17)21/h2-14H,1H3,(H,26,27). The van der Waals surface area contributed by atoms with Gasteiger partial charge < -0.3 is 0 Å². The Morgan fingerprint density at radius 2 is 1.56 bits per heavy atom. The summed E-state index contributed by atoms with van der Waals surface area (Å²) in [6.45, 7) is 1.98. The lowest BCUT2D eigenvalue weighted by molar-refractivity contribution is 0.0955. The molecule has 0 spiro atoms. The third kappa shape index (κ3) is 3.49. The first-order chi connectivity index (χ1) is 13.1. The molecule has 0 atom stereocenters. The van der Waals surface area contributed by atoms with Gasteiger partial charge in [0.1, 0.15) is 0 Å². The number of hydrazone groups is 1. The van der Waals surface area contributed by atoms with Crippen molar-refractivity contribution in [1.82, 2.24) is 5.43 Å². The Labute approximate surface area is 165 Å². The minimum atomic E-state index is -0.239. The lowest BCUT2D eigenvalue weighted by Crippen LogP contribution is -2.17. The van der Waals surface area contributed by atoms with Gasteiger partial charge in [0.05, 0.1) is 6.21 Å². The van der Waals surface area contributed by atoms with E-state index in [2.05, 4.69) is 56.8 Å². The summed E-state index contributed by atoms with van der Waals surface area (Å²) < 4.78 is 0.902. The zero-order chi connectivity index (χ0) is 18.8. The second-order valence-corrected chi connectivity index (χ2v) is 7.25. The van der Waals surface area contributed by atoms with E-state index in [0.29, 0.717) is 5.56 Å². The highest BCUT2D eigenvalue weighted by Crippen LogP contribution is 2.27. The summed E-state index contributed by atoms with van der Waals surface area (Å²) in [5.74, 6) is -0.239. The van der Waals surface area contributed by atoms with Crippen LogP contribution >= 0.6 is 15.9 Å². The molecule has 132 valence electrons. The predicted molar refractivity (Wildman–Crippen MR) is 115 cm³/mol. The molecule has 27 heavy (non-hydrogen) atoms. The zero-order valence-electron chi connectivity index (χ0n) is 14.7. The maximum absolute atomic E-state index is 12.4. The Hall–Kier alpha value is -2.98. The van der Waals surface area contributed by atoms with Gasteiger partial charge in [-0.15, -0.1) is 0 Å². The number of amides is 1. The van der Waals surface area contributed by atoms with E-state index in [0.717, 1.165) is 37.1 Å². The molecular formula is C23H17BrN2O. The number of nitrogens with zero attached hydrogens (tertiary/aromatic N) is 1. The molecule has 0 heterocycles. The molecule has 0 aromatic heterocycles. The number of hydrogen-bond acceptors (Lipinski definition) is 2. The highest BCUT2D eigenvalue weighted by Gasteiger charge is 2.08. The normalized spacial score (nSPS) is 11.3. The highest BCUT2D eigenvalue weighted by atomic mass is 79.9. The van der Waals surface area contributed by atoms with Gasteiger partial charge in [0, 0.05) is 15.6 Å². The van der Waals surface area contributed by atoms with E-state index < -0.39 is 0 Å². The van der Waals surface area contributed by atoms with Crippen molar-refractivity contribution in [1.29, 1.82) is 0 Å². The van der Waals surface area contributed by atoms with E-state index in [1.165, 1.54) is 0 Å². The molecule has 0 aliphatic rings. The van der Waals surface area contributed by atoms with Gasteiger partial charge in [0.15, 0.2) is 0 Å². The first kappa shape index (κ1) is 17.4. The van der Waals surface area contributed by atoms with Gasteiger partial charge in [0.25, 0.3) is 5.91 Å². The summed E-state index contributed by atoms with van der Waals surface area (Å²) in [6, 6.07) is 24.0. The summed E-state index contributed by atoms with van der Waals surface area (Å²) in [4.78, 5) is 12.4. The minimum absolute atomic E-state index is 0.239. The van der Waals surface area contributed by atoms with Crippen LogP contribution in [0.1, 0.15) is 21.5 Å². The van der Waals surface area contributed by atoms with Gasteiger partial charge >= 0.3 is 0 Å². The summed E-state index contributed by atoms with van der Waals surface area (Å²) >= 11 is 3.46. The zero-order valence-corrected chi connectivity index (χ0v) is 16.3. The predicted octanol–water partition coefficient (Wildman–Crippen LogP) is 5.83. The number of benzene rings is 4. The van der Waals surface area contributed by atoms with E-state index in [1.807, 2.05) is 37.3 Å². The van der Waals surface area contributed by atoms with E-state index in [1.54, 1.807) is 18.3 Å². The molecule has 4 aromatic rings. The molecule has 0 bridgehead atoms. The van der Waals surface area contributed by atoms with Crippen molar-refractivity contribution in [2.24, 2.45) is 5.10 Å². The molecule has 4 heteroatoms. The topological polar surface area (TPSA) is 41.5 Å². The number of hydrogen-bond donors (Lipinski definition) is 1. The van der Waals surface area contributed by atoms with Crippen LogP contribution in [0.25, 0.3) is 21.5 Å². The number of rotatable bonds is 3. The molecular weight excluding hydrogens is 400 g/mol. The van der Waals surface area contributed by atoms with E-state index in [9.17, 15) is 4.79 Å². The third-order valence-corrected chi connectivity index (χ3v) is 5.46. The SMILES string of the molecule is Cc1ccc(C(=O)NN=Cc2c3ccccc3cc3ccccc23)cc1Br. The molecule has 0 saturated heterocycles. The fourth-order valence-electron chi connectivity index (χ4n) is 3.14. The molecule has 0 saturated carbocycles. The van der Waals surface area contributed by atoms with Crippen LogP contribution in [0.4, 0.5) is 0 Å². The largest absolute Gasteiger partial charge is 0.271 e. The average Bonchev–Trinajstić information content (AvgIpc) is 2.69. The quantitative estimate of drug-likeness (QED) is 0.254. The van der Waals surface area contributed by atoms with Crippen molar-refractivity contribution >= 4 is 49.6 Å². The van der Waals surface area contributed by atoms with Crippen LogP contribution in [0.15, 0.2) is 82.4 Å². The van der Waals surface area contributed by atoms with Crippen LogP contribution in [0.3, 0.4) is 0 Å². The van der Waals surface area contributed by atoms with Crippen molar-refractivity contribution < 1.29 is 4.79 Å². The number of fused-ring (bicyclic) bond motifs is 2. The Morgan fingerprint density at radius 1 is 0.926 bits per heavy atom. The number of carbonyl (C=O) groups is 1. The van der Waals surface area contributed by atoms with Crippen LogP contribution < -0.4 is 5.43 Å². The Kier molecular flexibility index (Phi) is 4.73. The van der Waals surface area contributed by atoms with Crippen molar-refractivity contribution in [3.63, 3.8) is 0 Å². The van der Waals surface area contributed by atoms with E-state index in [-0.39, 0.29) is 5.91 Å². The van der Waals surface area contributed by atoms with Crippen molar-refractivity contribution in [2.75, 3.05) is 0 Å². The third-order valence-electron chi connectivity index (χ3n) is 4.61. The van der Waals surface area contributed by atoms with Gasteiger partial charge in [-0.3, -0.25) is 4.79 Å². The fraction of sp³-hybridized carbons (Fsp3) is 0.0435. The number of halogens is 1. The molecule has 0 aliphatic carbocycles. The van der Waals surface area contributed by atoms with Crippen LogP contribution in [0.2, 0.25) is 0 Å². The smallest absolute Gasteiger partial charge is 0.267 e. The molecule has 0 radical (unpaired) electrons. The maximum Gasteiger partial charge on any atom is 0.271 e. The summed E-state index contributed by atoms with van der Waals surface area (Å²) in [6.07, 6.45) is 1.73. The van der Waals surface area contributed by atoms with Gasteiger partial charge in [0.2, 0.25) is 0 Å². The van der Waals surface area contributed by atoms with Gasteiger partial charge in [-0.1, -0.05) is 70.5 Å². The molecule has 1 N–H and O–H groups in total. The molecule has 4 aromatic carbocycles. The van der Waals surface area contributed by atoms with Gasteiger partial charge in [-0.05, 0) is 52.2 Å². The summed E-state index contributed by atoms with van der Waals surface area (Å²) in [5.41, 5.74) is 5.27. The minimum Gasteiger partial charge on any atom is -0.267 e. The van der Waals surface area contributed by atoms with Gasteiger partial charge in [-0.2, -0.15) is 5.10 Å². The lowest BCUT2D eigenvalue weighted by Gasteiger charge is -2.08. The van der Waals surface area contributed by atoms with E-state index >= 15 is 0 Å². The number of nitrogens with one attached hydrogen (secondary N) is 1. The average molecular weight is 417 g/mol. The number of aryl methyl sites for hydroxylation is 1. The monoisotopic (exact) mass is 416 g/mol. The number of carbonyl (C=O) groups excluding carboxylic acids is 1. The summed E-state index contributed by atoms with van der Waals surface area (Å²) in [7, 11) is 0. The first-order valence-electron chi connectivity index (χ1n) is 8.63. The Balaban J connectivity index is 1.69. The molecule has 1 amide bonds. The molecule has 3 nitrogen and oxygen atoms in total. The lowest BCUT2D eigenvalue weighted by atomic mass is 9.97. The molecule has 0 aliphatic heterocycles. The fourth-order valence-corrected chi connectivity index (χ4v) is 3.52. The van der Waals surface area contributed by atoms with Crippen molar-refractivity contribution in [2.45, 2.75) is 6.92 Å². The van der Waals surface area contributed by atoms with Crippen LogP contribution in [-0.4, -0.2) is 12.1 Å². The van der Waals surface area contributed by atoms with Crippen LogP contribution in [0.5, 0.6) is 0 Å². The van der Waals surface area contributed by atoms with Crippen LogP contribution in [-0.2, 0) is 0 Å². The Bertz CT molecular complexity index is 1140. The summed E-state index contributed by atoms with van der Waals surface area (Å²) in [5, 5.41) is 8.73. The van der Waals surface area contributed by atoms with Crippen molar-refractivity contribution in [3.05, 3.63) is 94.0 Å². The Morgan fingerprint density at radius 3 is 2.19 bits per heavy atom. The maximum atomic E-state index is 12.4. The van der Waals surface area contributed by atoms with Gasteiger partial charge in [-0.25, -0.2) is 5.43 Å². The van der Waals surface area contributed by atoms with Crippen LogP contribution in [0, 0.1) is 6.92 Å². The molecule has 4 rings (SSSR count). The highest BCUT2D eigenvalue weighted by molar-refractivity contribution is 9.10. The molecule has 0 fully saturated rings.